The van der Waals surface area contributed by atoms with Crippen LogP contribution in [0, 0.1) is 5.41 Å². The van der Waals surface area contributed by atoms with Gasteiger partial charge in [-0.2, -0.15) is 0 Å². The highest BCUT2D eigenvalue weighted by Crippen LogP contribution is 2.33. The highest BCUT2D eigenvalue weighted by molar-refractivity contribution is 6.34. The second-order valence-electron chi connectivity index (χ2n) is 5.85. The van der Waals surface area contributed by atoms with Gasteiger partial charge in [0.25, 0.3) is 5.91 Å². The summed E-state index contributed by atoms with van der Waals surface area (Å²) in [6.45, 7) is 10.6. The van der Waals surface area contributed by atoms with Crippen molar-refractivity contribution in [2.24, 2.45) is 5.41 Å². The van der Waals surface area contributed by atoms with Gasteiger partial charge in [-0.05, 0) is 24.5 Å². The molecular weight excluding hydrogens is 246 g/mol. The molecule has 1 aromatic carbocycles. The standard InChI is InChI=1S/C10H8ClNO.C5H12/c1-2-7-8-4-3-6(11)5-9(8)12-10(7)13;1-5(2,3)4/h2-5H,1H3,(H,12,13);1-4H3/b7-2+;. The first-order valence-electron chi connectivity index (χ1n) is 6.00. The number of amides is 1. The third-order valence-electron chi connectivity index (χ3n) is 2.05. The summed E-state index contributed by atoms with van der Waals surface area (Å²) >= 11 is 5.79. The molecule has 2 rings (SSSR count). The van der Waals surface area contributed by atoms with Gasteiger partial charge in [0.1, 0.15) is 0 Å². The highest BCUT2D eigenvalue weighted by atomic mass is 35.5. The Morgan fingerprint density at radius 2 is 1.78 bits per heavy atom. The van der Waals surface area contributed by atoms with Crippen molar-refractivity contribution in [2.75, 3.05) is 5.32 Å². The third kappa shape index (κ3) is 4.19. The lowest BCUT2D eigenvalue weighted by molar-refractivity contribution is -0.110. The second kappa shape index (κ2) is 5.57. The maximum atomic E-state index is 11.4. The molecule has 1 amide bonds. The third-order valence-corrected chi connectivity index (χ3v) is 2.29. The van der Waals surface area contributed by atoms with E-state index < -0.39 is 0 Å². The summed E-state index contributed by atoms with van der Waals surface area (Å²) in [5, 5.41) is 3.38. The van der Waals surface area contributed by atoms with E-state index in [1.54, 1.807) is 18.2 Å². The van der Waals surface area contributed by atoms with E-state index in [2.05, 4.69) is 33.0 Å². The quantitative estimate of drug-likeness (QED) is 0.674. The summed E-state index contributed by atoms with van der Waals surface area (Å²) in [5.74, 6) is -0.0558. The largest absolute Gasteiger partial charge is 0.321 e. The lowest BCUT2D eigenvalue weighted by atomic mass is 10.0. The van der Waals surface area contributed by atoms with E-state index >= 15 is 0 Å². The Morgan fingerprint density at radius 1 is 1.22 bits per heavy atom. The number of fused-ring (bicyclic) bond motifs is 1. The van der Waals surface area contributed by atoms with Gasteiger partial charge < -0.3 is 5.32 Å². The first-order valence-corrected chi connectivity index (χ1v) is 6.38. The van der Waals surface area contributed by atoms with Gasteiger partial charge >= 0.3 is 0 Å². The van der Waals surface area contributed by atoms with Gasteiger partial charge in [-0.25, -0.2) is 0 Å². The number of nitrogens with one attached hydrogen (secondary N) is 1. The van der Waals surface area contributed by atoms with Crippen molar-refractivity contribution in [2.45, 2.75) is 34.6 Å². The van der Waals surface area contributed by atoms with Crippen LogP contribution in [0.4, 0.5) is 5.69 Å². The molecule has 1 aromatic rings. The number of hydrogen-bond acceptors (Lipinski definition) is 1. The normalized spacial score (nSPS) is 15.9. The average Bonchev–Trinajstić information content (AvgIpc) is 2.49. The maximum Gasteiger partial charge on any atom is 0.256 e. The van der Waals surface area contributed by atoms with Crippen molar-refractivity contribution in [3.05, 3.63) is 34.9 Å². The average molecular weight is 266 g/mol. The van der Waals surface area contributed by atoms with Crippen LogP contribution >= 0.6 is 11.6 Å². The molecule has 0 atom stereocenters. The van der Waals surface area contributed by atoms with Gasteiger partial charge in [-0.1, -0.05) is 51.4 Å². The minimum Gasteiger partial charge on any atom is -0.321 e. The predicted octanol–water partition coefficient (Wildman–Crippen LogP) is 4.75. The molecule has 2 nitrogen and oxygen atoms in total. The molecule has 0 saturated heterocycles. The van der Waals surface area contributed by atoms with Crippen molar-refractivity contribution in [3.8, 4) is 0 Å². The lowest BCUT2D eigenvalue weighted by Crippen LogP contribution is -2.03. The van der Waals surface area contributed by atoms with Crippen LogP contribution in [-0.2, 0) is 4.79 Å². The number of benzene rings is 1. The summed E-state index contributed by atoms with van der Waals surface area (Å²) in [6.07, 6.45) is 1.80. The van der Waals surface area contributed by atoms with Gasteiger partial charge in [0.15, 0.2) is 0 Å². The Kier molecular flexibility index (Phi) is 4.58. The summed E-state index contributed by atoms with van der Waals surface area (Å²) in [6, 6.07) is 5.39. The van der Waals surface area contributed by atoms with Crippen LogP contribution in [0.15, 0.2) is 24.3 Å². The SMILES string of the molecule is C/C=C1/C(=O)Nc2cc(Cl)ccc21.CC(C)(C)C. The van der Waals surface area contributed by atoms with Crippen LogP contribution in [0.1, 0.15) is 40.2 Å². The molecule has 3 heteroatoms. The van der Waals surface area contributed by atoms with Gasteiger partial charge in [0, 0.05) is 16.2 Å². The smallest absolute Gasteiger partial charge is 0.256 e. The van der Waals surface area contributed by atoms with Gasteiger partial charge in [-0.3, -0.25) is 4.79 Å². The second-order valence-corrected chi connectivity index (χ2v) is 6.28. The fraction of sp³-hybridized carbons (Fsp3) is 0.400. The molecule has 1 aliphatic rings. The molecule has 18 heavy (non-hydrogen) atoms. The Hall–Kier alpha value is -1.28. The zero-order chi connectivity index (χ0) is 13.9. The van der Waals surface area contributed by atoms with Gasteiger partial charge in [0.2, 0.25) is 0 Å². The van der Waals surface area contributed by atoms with Crippen LogP contribution in [0.5, 0.6) is 0 Å². The molecule has 1 aliphatic heterocycles. The van der Waals surface area contributed by atoms with Crippen molar-refractivity contribution < 1.29 is 4.79 Å². The Morgan fingerprint density at radius 3 is 2.28 bits per heavy atom. The Balaban J connectivity index is 0.000000280. The molecule has 0 fully saturated rings. The molecule has 1 heterocycles. The minimum absolute atomic E-state index is 0.0558. The number of carbonyl (C=O) groups is 1. The van der Waals surface area contributed by atoms with E-state index in [0.717, 1.165) is 11.3 Å². The van der Waals surface area contributed by atoms with Gasteiger partial charge in [-0.15, -0.1) is 0 Å². The highest BCUT2D eigenvalue weighted by Gasteiger charge is 2.22. The number of rotatable bonds is 0. The molecule has 0 bridgehead atoms. The van der Waals surface area contributed by atoms with E-state index in [4.69, 9.17) is 11.6 Å². The number of carbonyl (C=O) groups excluding carboxylic acids is 1. The van der Waals surface area contributed by atoms with Crippen molar-refractivity contribution in [3.63, 3.8) is 0 Å². The summed E-state index contributed by atoms with van der Waals surface area (Å²) < 4.78 is 0. The zero-order valence-electron chi connectivity index (χ0n) is 11.6. The molecular formula is C15H20ClNO. The molecule has 1 N–H and O–H groups in total. The monoisotopic (exact) mass is 265 g/mol. The number of allylic oxidation sites excluding steroid dienone is 1. The van der Waals surface area contributed by atoms with E-state index in [1.165, 1.54) is 0 Å². The molecule has 0 unspecified atom stereocenters. The van der Waals surface area contributed by atoms with Crippen LogP contribution in [0.25, 0.3) is 5.57 Å². The molecule has 0 radical (unpaired) electrons. The lowest BCUT2D eigenvalue weighted by Gasteiger charge is -2.05. The summed E-state index contributed by atoms with van der Waals surface area (Å²) in [7, 11) is 0. The Labute approximate surface area is 114 Å². The van der Waals surface area contributed by atoms with E-state index in [-0.39, 0.29) is 5.91 Å². The van der Waals surface area contributed by atoms with Gasteiger partial charge in [0.05, 0.1) is 5.69 Å². The summed E-state index contributed by atoms with van der Waals surface area (Å²) in [4.78, 5) is 11.4. The van der Waals surface area contributed by atoms with Crippen molar-refractivity contribution in [1.29, 1.82) is 0 Å². The minimum atomic E-state index is -0.0558. The topological polar surface area (TPSA) is 29.1 Å². The van der Waals surface area contributed by atoms with Crippen LogP contribution in [-0.4, -0.2) is 5.91 Å². The molecule has 0 saturated carbocycles. The zero-order valence-corrected chi connectivity index (χ0v) is 12.4. The Bertz CT molecular complexity index is 478. The van der Waals surface area contributed by atoms with Crippen molar-refractivity contribution in [1.82, 2.24) is 0 Å². The van der Waals surface area contributed by atoms with Crippen LogP contribution in [0.2, 0.25) is 5.02 Å². The van der Waals surface area contributed by atoms with E-state index in [0.29, 0.717) is 16.0 Å². The van der Waals surface area contributed by atoms with E-state index in [1.807, 2.05) is 13.0 Å². The first-order chi connectivity index (χ1) is 8.22. The molecule has 98 valence electrons. The first kappa shape index (κ1) is 14.8. The summed E-state index contributed by atoms with van der Waals surface area (Å²) in [5.41, 5.74) is 2.94. The fourth-order valence-corrected chi connectivity index (χ4v) is 1.63. The number of hydrogen-bond donors (Lipinski definition) is 1. The number of anilines is 1. The van der Waals surface area contributed by atoms with Crippen LogP contribution in [0.3, 0.4) is 0 Å². The molecule has 0 aromatic heterocycles. The van der Waals surface area contributed by atoms with Crippen molar-refractivity contribution >= 4 is 28.8 Å². The fourth-order valence-electron chi connectivity index (χ4n) is 1.45. The predicted molar refractivity (Wildman–Crippen MR) is 78.9 cm³/mol. The molecule has 0 aliphatic carbocycles. The van der Waals surface area contributed by atoms with Crippen LogP contribution < -0.4 is 5.32 Å². The molecule has 0 spiro atoms. The van der Waals surface area contributed by atoms with E-state index in [9.17, 15) is 4.79 Å². The maximum absolute atomic E-state index is 11.4. The number of halogens is 1.